The number of aromatic hydroxyl groups is 1. The zero-order valence-electron chi connectivity index (χ0n) is 9.26. The molecule has 0 unspecified atom stereocenters. The highest BCUT2D eigenvalue weighted by Crippen LogP contribution is 2.26. The Labute approximate surface area is 95.3 Å². The molecule has 0 saturated carbocycles. The molecule has 0 amide bonds. The summed E-state index contributed by atoms with van der Waals surface area (Å²) >= 11 is 0. The Bertz CT molecular complexity index is 653. The highest BCUT2D eigenvalue weighted by molar-refractivity contribution is 6.02. The molecule has 2 aromatic rings. The molecule has 2 aromatic heterocycles. The Kier molecular flexibility index (Phi) is 2.38. The van der Waals surface area contributed by atoms with E-state index in [4.69, 9.17) is 5.11 Å². The molecule has 0 fully saturated rings. The number of H-pyrrole nitrogens is 1. The van der Waals surface area contributed by atoms with E-state index < -0.39 is 11.5 Å². The molecule has 0 radical (unpaired) electrons. The van der Waals surface area contributed by atoms with Crippen LogP contribution in [0.15, 0.2) is 10.9 Å². The van der Waals surface area contributed by atoms with Crippen LogP contribution in [0.4, 0.5) is 0 Å². The Balaban J connectivity index is 2.96. The summed E-state index contributed by atoms with van der Waals surface area (Å²) in [6, 6.07) is 0.796. The molecular formula is C10H11N3O4. The maximum atomic E-state index is 11.3. The fraction of sp³-hybridized carbons (Fsp3) is 0.300. The number of hydrogen-bond donors (Lipinski definition) is 3. The number of carboxylic acids is 1. The van der Waals surface area contributed by atoms with E-state index >= 15 is 0 Å². The van der Waals surface area contributed by atoms with Crippen molar-refractivity contribution in [2.24, 2.45) is 0 Å². The number of nitrogens with zero attached hydrogens (tertiary/aromatic N) is 2. The second-order valence-electron chi connectivity index (χ2n) is 3.93. The topological polar surface area (TPSA) is 108 Å². The number of aromatic nitrogens is 3. The maximum absolute atomic E-state index is 11.3. The summed E-state index contributed by atoms with van der Waals surface area (Å²) in [6.45, 7) is 3.58. The van der Waals surface area contributed by atoms with Crippen molar-refractivity contribution in [3.05, 3.63) is 22.1 Å². The van der Waals surface area contributed by atoms with Crippen LogP contribution in [-0.4, -0.2) is 30.9 Å². The van der Waals surface area contributed by atoms with Crippen LogP contribution in [0.3, 0.4) is 0 Å². The number of fused-ring (bicyclic) bond motifs is 1. The van der Waals surface area contributed by atoms with E-state index in [9.17, 15) is 14.7 Å². The lowest BCUT2D eigenvalue weighted by Gasteiger charge is -2.05. The standard InChI is InChI=1S/C10H11N3O4/c1-4(2)13-9-7(8(12-13)10(16)17)5(14)3-6(15)11-9/h3-4H,1-2H3,(H,16,17)(H2,11,14,15). The van der Waals surface area contributed by atoms with Gasteiger partial charge in [0.2, 0.25) is 0 Å². The smallest absolute Gasteiger partial charge is 0.357 e. The zero-order chi connectivity index (χ0) is 12.7. The first-order chi connectivity index (χ1) is 7.91. The minimum Gasteiger partial charge on any atom is -0.507 e. The van der Waals surface area contributed by atoms with Gasteiger partial charge in [-0.05, 0) is 13.8 Å². The Morgan fingerprint density at radius 3 is 2.71 bits per heavy atom. The highest BCUT2D eigenvalue weighted by atomic mass is 16.4. The van der Waals surface area contributed by atoms with Crippen LogP contribution in [0.5, 0.6) is 5.75 Å². The van der Waals surface area contributed by atoms with Gasteiger partial charge in [0.05, 0.1) is 5.39 Å². The second kappa shape index (κ2) is 3.62. The van der Waals surface area contributed by atoms with Crippen LogP contribution in [0.1, 0.15) is 30.4 Å². The molecule has 0 aliphatic carbocycles. The number of rotatable bonds is 2. The average Bonchev–Trinajstić information content (AvgIpc) is 2.56. The molecule has 7 nitrogen and oxygen atoms in total. The second-order valence-corrected chi connectivity index (χ2v) is 3.93. The monoisotopic (exact) mass is 237 g/mol. The summed E-state index contributed by atoms with van der Waals surface area (Å²) in [7, 11) is 0. The van der Waals surface area contributed by atoms with Crippen LogP contribution >= 0.6 is 0 Å². The molecule has 0 aliphatic rings. The van der Waals surface area contributed by atoms with Gasteiger partial charge in [0.1, 0.15) is 11.4 Å². The summed E-state index contributed by atoms with van der Waals surface area (Å²) in [4.78, 5) is 24.7. The van der Waals surface area contributed by atoms with E-state index in [1.807, 2.05) is 0 Å². The number of carbonyl (C=O) groups is 1. The number of carboxylic acid groups (broad SMARTS) is 1. The Morgan fingerprint density at radius 1 is 1.53 bits per heavy atom. The van der Waals surface area contributed by atoms with Gasteiger partial charge in [0, 0.05) is 12.1 Å². The molecule has 2 rings (SSSR count). The molecule has 7 heteroatoms. The molecule has 0 saturated heterocycles. The number of hydrogen-bond acceptors (Lipinski definition) is 4. The number of nitrogens with one attached hydrogen (secondary N) is 1. The van der Waals surface area contributed by atoms with E-state index in [0.29, 0.717) is 0 Å². The van der Waals surface area contributed by atoms with Crippen molar-refractivity contribution in [3.63, 3.8) is 0 Å². The summed E-state index contributed by atoms with van der Waals surface area (Å²) in [5.41, 5.74) is -0.571. The van der Waals surface area contributed by atoms with E-state index in [0.717, 1.165) is 6.07 Å². The maximum Gasteiger partial charge on any atom is 0.357 e. The lowest BCUT2D eigenvalue weighted by Crippen LogP contribution is -2.09. The molecule has 90 valence electrons. The van der Waals surface area contributed by atoms with Gasteiger partial charge in [-0.15, -0.1) is 0 Å². The molecule has 3 N–H and O–H groups in total. The fourth-order valence-corrected chi connectivity index (χ4v) is 1.67. The van der Waals surface area contributed by atoms with Gasteiger partial charge in [-0.25, -0.2) is 9.48 Å². The van der Waals surface area contributed by atoms with Gasteiger partial charge in [0.25, 0.3) is 5.56 Å². The third kappa shape index (κ3) is 1.65. The van der Waals surface area contributed by atoms with Crippen LogP contribution in [0, 0.1) is 0 Å². The predicted octanol–water partition coefficient (Wildman–Crippen LogP) is 0.709. The van der Waals surface area contributed by atoms with Crippen LogP contribution in [0.2, 0.25) is 0 Å². The summed E-state index contributed by atoms with van der Waals surface area (Å²) in [6.07, 6.45) is 0. The molecule has 0 spiro atoms. The van der Waals surface area contributed by atoms with E-state index in [-0.39, 0.29) is 28.5 Å². The van der Waals surface area contributed by atoms with Crippen LogP contribution in [-0.2, 0) is 0 Å². The molecule has 0 aromatic carbocycles. The van der Waals surface area contributed by atoms with Crippen LogP contribution in [0.25, 0.3) is 11.0 Å². The minimum atomic E-state index is -1.25. The molecule has 2 heterocycles. The van der Waals surface area contributed by atoms with E-state index in [1.165, 1.54) is 4.68 Å². The first kappa shape index (κ1) is 11.2. The molecule has 0 aliphatic heterocycles. The fourth-order valence-electron chi connectivity index (χ4n) is 1.67. The van der Waals surface area contributed by atoms with Gasteiger partial charge in [-0.3, -0.25) is 4.79 Å². The number of pyridine rings is 1. The van der Waals surface area contributed by atoms with Crippen molar-refractivity contribution in [3.8, 4) is 5.75 Å². The minimum absolute atomic E-state index is 0.0470. The van der Waals surface area contributed by atoms with Gasteiger partial charge in [-0.1, -0.05) is 0 Å². The lowest BCUT2D eigenvalue weighted by molar-refractivity contribution is 0.0691. The van der Waals surface area contributed by atoms with Crippen molar-refractivity contribution in [2.45, 2.75) is 19.9 Å². The summed E-state index contributed by atoms with van der Waals surface area (Å²) in [5.74, 6) is -1.63. The van der Waals surface area contributed by atoms with Crippen LogP contribution < -0.4 is 5.56 Å². The predicted molar refractivity (Wildman–Crippen MR) is 59.4 cm³/mol. The van der Waals surface area contributed by atoms with Gasteiger partial charge in [-0.2, -0.15) is 5.10 Å². The first-order valence-electron chi connectivity index (χ1n) is 4.99. The van der Waals surface area contributed by atoms with Gasteiger partial charge in [0.15, 0.2) is 5.69 Å². The first-order valence-corrected chi connectivity index (χ1v) is 4.99. The summed E-state index contributed by atoms with van der Waals surface area (Å²) in [5, 5.41) is 22.6. The Morgan fingerprint density at radius 2 is 2.18 bits per heavy atom. The third-order valence-electron chi connectivity index (χ3n) is 2.37. The molecule has 17 heavy (non-hydrogen) atoms. The van der Waals surface area contributed by atoms with E-state index in [2.05, 4.69) is 10.1 Å². The Hall–Kier alpha value is -2.31. The zero-order valence-corrected chi connectivity index (χ0v) is 9.26. The SMILES string of the molecule is CC(C)n1nc(C(=O)O)c2c(O)cc(=O)[nH]c21. The largest absolute Gasteiger partial charge is 0.507 e. The van der Waals surface area contributed by atoms with Crippen molar-refractivity contribution in [1.29, 1.82) is 0 Å². The third-order valence-corrected chi connectivity index (χ3v) is 2.37. The van der Waals surface area contributed by atoms with E-state index in [1.54, 1.807) is 13.8 Å². The van der Waals surface area contributed by atoms with Crippen molar-refractivity contribution >= 4 is 17.0 Å². The molecular weight excluding hydrogens is 226 g/mol. The quantitative estimate of drug-likeness (QED) is 0.712. The summed E-state index contributed by atoms with van der Waals surface area (Å²) < 4.78 is 1.36. The molecule has 0 atom stereocenters. The average molecular weight is 237 g/mol. The van der Waals surface area contributed by atoms with Crippen molar-refractivity contribution < 1.29 is 15.0 Å². The van der Waals surface area contributed by atoms with Gasteiger partial charge >= 0.3 is 5.97 Å². The molecule has 0 bridgehead atoms. The van der Waals surface area contributed by atoms with Crippen molar-refractivity contribution in [1.82, 2.24) is 14.8 Å². The number of aromatic amines is 1. The van der Waals surface area contributed by atoms with Gasteiger partial charge < -0.3 is 15.2 Å². The number of aromatic carboxylic acids is 1. The lowest BCUT2D eigenvalue weighted by atomic mass is 10.2. The normalized spacial score (nSPS) is 11.2. The van der Waals surface area contributed by atoms with Crippen molar-refractivity contribution in [2.75, 3.05) is 0 Å². The highest BCUT2D eigenvalue weighted by Gasteiger charge is 2.21.